The lowest BCUT2D eigenvalue weighted by molar-refractivity contribution is -0.132. The van der Waals surface area contributed by atoms with Crippen molar-refractivity contribution in [2.45, 2.75) is 19.9 Å². The van der Waals surface area contributed by atoms with Crippen molar-refractivity contribution in [3.8, 4) is 0 Å². The first kappa shape index (κ1) is 24.1. The van der Waals surface area contributed by atoms with Crippen LogP contribution in [0.1, 0.15) is 17.1 Å². The minimum atomic E-state index is -0.401. The molecule has 0 saturated heterocycles. The van der Waals surface area contributed by atoms with Gasteiger partial charge in [-0.2, -0.15) is 0 Å². The lowest BCUT2D eigenvalue weighted by Crippen LogP contribution is -2.44. The number of nitrogens with one attached hydrogen (secondary N) is 1. The summed E-state index contributed by atoms with van der Waals surface area (Å²) in [4.78, 5) is 29.3. The zero-order chi connectivity index (χ0) is 23.6. The molecule has 1 N–H and O–H groups in total. The highest BCUT2D eigenvalue weighted by Gasteiger charge is 2.22. The number of carbonyl (C=O) groups is 2. The molecule has 0 saturated carbocycles. The number of rotatable bonds is 10. The van der Waals surface area contributed by atoms with Crippen LogP contribution in [0, 0.1) is 6.92 Å². The third kappa shape index (κ3) is 7.54. The van der Waals surface area contributed by atoms with E-state index in [1.165, 1.54) is 4.90 Å². The number of halogens is 1. The summed E-state index contributed by atoms with van der Waals surface area (Å²) < 4.78 is 5.69. The van der Waals surface area contributed by atoms with Gasteiger partial charge in [-0.1, -0.05) is 54.1 Å². The van der Waals surface area contributed by atoms with Crippen LogP contribution in [0.5, 0.6) is 0 Å². The molecule has 0 aliphatic rings. The van der Waals surface area contributed by atoms with Crippen molar-refractivity contribution in [3.05, 3.63) is 101 Å². The third-order valence-corrected chi connectivity index (χ3v) is 5.28. The molecule has 7 heteroatoms. The molecule has 0 fully saturated rings. The highest BCUT2D eigenvalue weighted by Crippen LogP contribution is 2.16. The Labute approximate surface area is 199 Å². The molecule has 2 aromatic carbocycles. The van der Waals surface area contributed by atoms with Crippen LogP contribution in [-0.4, -0.2) is 41.4 Å². The number of amides is 3. The van der Waals surface area contributed by atoms with Gasteiger partial charge >= 0.3 is 6.03 Å². The van der Waals surface area contributed by atoms with E-state index in [1.54, 1.807) is 35.2 Å². The topological polar surface area (TPSA) is 65.8 Å². The molecular formula is C26H28ClN3O3. The van der Waals surface area contributed by atoms with E-state index in [9.17, 15) is 9.59 Å². The summed E-state index contributed by atoms with van der Waals surface area (Å²) >= 11 is 6.01. The maximum Gasteiger partial charge on any atom is 0.322 e. The number of benzene rings is 2. The van der Waals surface area contributed by atoms with Crippen molar-refractivity contribution < 1.29 is 14.0 Å². The van der Waals surface area contributed by atoms with E-state index in [-0.39, 0.29) is 19.0 Å². The van der Waals surface area contributed by atoms with Gasteiger partial charge in [0, 0.05) is 23.8 Å². The summed E-state index contributed by atoms with van der Waals surface area (Å²) in [5.74, 6) is 1.31. The molecule has 0 radical (unpaired) electrons. The number of hydrogen-bond acceptors (Lipinski definition) is 3. The zero-order valence-electron chi connectivity index (χ0n) is 18.7. The Bertz CT molecular complexity index is 1080. The Morgan fingerprint density at radius 2 is 1.85 bits per heavy atom. The van der Waals surface area contributed by atoms with Gasteiger partial charge in [0.1, 0.15) is 18.1 Å². The molecule has 3 aromatic rings. The van der Waals surface area contributed by atoms with Crippen LogP contribution >= 0.6 is 11.6 Å². The van der Waals surface area contributed by atoms with E-state index in [4.69, 9.17) is 16.0 Å². The van der Waals surface area contributed by atoms with Gasteiger partial charge in [0.25, 0.3) is 0 Å². The number of nitrogens with zero attached hydrogens (tertiary/aromatic N) is 2. The number of anilines is 1. The number of carbonyl (C=O) groups excluding carboxylic acids is 2. The maximum absolute atomic E-state index is 13.3. The monoisotopic (exact) mass is 465 g/mol. The second kappa shape index (κ2) is 11.9. The van der Waals surface area contributed by atoms with Crippen LogP contribution in [0.3, 0.4) is 0 Å². The van der Waals surface area contributed by atoms with Crippen LogP contribution in [0.25, 0.3) is 0 Å². The van der Waals surface area contributed by atoms with Gasteiger partial charge < -0.3 is 19.5 Å². The van der Waals surface area contributed by atoms with Crippen molar-refractivity contribution in [1.29, 1.82) is 0 Å². The summed E-state index contributed by atoms with van der Waals surface area (Å²) in [6.07, 6.45) is 2.29. The third-order valence-electron chi connectivity index (χ3n) is 5.05. The summed E-state index contributed by atoms with van der Waals surface area (Å²) in [5, 5.41) is 3.30. The molecule has 3 rings (SSSR count). The number of urea groups is 1. The second-order valence-electron chi connectivity index (χ2n) is 7.67. The van der Waals surface area contributed by atoms with Crippen molar-refractivity contribution in [1.82, 2.24) is 9.80 Å². The summed E-state index contributed by atoms with van der Waals surface area (Å²) in [6.45, 7) is 6.55. The molecule has 172 valence electrons. The lowest BCUT2D eigenvalue weighted by atomic mass is 10.1. The molecule has 1 heterocycles. The highest BCUT2D eigenvalue weighted by atomic mass is 35.5. The Kier molecular flexibility index (Phi) is 8.72. The Hall–Kier alpha value is -3.51. The number of hydrogen-bond donors (Lipinski definition) is 1. The lowest BCUT2D eigenvalue weighted by Gasteiger charge is -2.27. The summed E-state index contributed by atoms with van der Waals surface area (Å²) in [5.41, 5.74) is 1.69. The fraction of sp³-hybridized carbons (Fsp3) is 0.231. The van der Waals surface area contributed by atoms with Crippen LogP contribution < -0.4 is 5.32 Å². The van der Waals surface area contributed by atoms with Gasteiger partial charge in [-0.3, -0.25) is 4.79 Å². The largest absolute Gasteiger partial charge is 0.464 e. The summed E-state index contributed by atoms with van der Waals surface area (Å²) in [7, 11) is 0. The molecule has 3 amide bonds. The van der Waals surface area contributed by atoms with Crippen molar-refractivity contribution in [2.24, 2.45) is 0 Å². The van der Waals surface area contributed by atoms with E-state index in [0.29, 0.717) is 36.0 Å². The fourth-order valence-electron chi connectivity index (χ4n) is 3.37. The average Bonchev–Trinajstić information content (AvgIpc) is 3.21. The molecule has 33 heavy (non-hydrogen) atoms. The van der Waals surface area contributed by atoms with E-state index >= 15 is 0 Å². The van der Waals surface area contributed by atoms with E-state index in [0.717, 1.165) is 11.3 Å². The van der Waals surface area contributed by atoms with Gasteiger partial charge in [-0.25, -0.2) is 4.79 Å². The minimum Gasteiger partial charge on any atom is -0.464 e. The maximum atomic E-state index is 13.3. The Morgan fingerprint density at radius 1 is 1.06 bits per heavy atom. The molecule has 0 aliphatic heterocycles. The van der Waals surface area contributed by atoms with E-state index in [1.807, 2.05) is 49.4 Å². The number of furan rings is 1. The number of aryl methyl sites for hydroxylation is 1. The van der Waals surface area contributed by atoms with Crippen molar-refractivity contribution >= 4 is 29.2 Å². The fourth-order valence-corrected chi connectivity index (χ4v) is 3.56. The van der Waals surface area contributed by atoms with Gasteiger partial charge in [0.15, 0.2) is 0 Å². The first-order valence-corrected chi connectivity index (χ1v) is 11.1. The minimum absolute atomic E-state index is 0.0904. The van der Waals surface area contributed by atoms with Crippen molar-refractivity contribution in [3.63, 3.8) is 0 Å². The van der Waals surface area contributed by atoms with Crippen LogP contribution in [-0.2, 0) is 17.8 Å². The van der Waals surface area contributed by atoms with Gasteiger partial charge in [0.2, 0.25) is 5.91 Å². The quantitative estimate of drug-likeness (QED) is 0.400. The second-order valence-corrected chi connectivity index (χ2v) is 8.11. The highest BCUT2D eigenvalue weighted by molar-refractivity contribution is 6.30. The Morgan fingerprint density at radius 3 is 2.52 bits per heavy atom. The van der Waals surface area contributed by atoms with Gasteiger partial charge in [-0.05, 0) is 49.2 Å². The van der Waals surface area contributed by atoms with Crippen LogP contribution in [0.2, 0.25) is 5.02 Å². The molecule has 0 spiro atoms. The van der Waals surface area contributed by atoms with Gasteiger partial charge in [0.05, 0.1) is 6.54 Å². The molecule has 0 aliphatic carbocycles. The molecule has 6 nitrogen and oxygen atoms in total. The SMILES string of the molecule is C=CCN(CC(=O)N(CCc1ccccc1)Cc1ccc(C)o1)C(=O)Nc1cccc(Cl)c1. The average molecular weight is 466 g/mol. The Balaban J connectivity index is 1.70. The van der Waals surface area contributed by atoms with Gasteiger partial charge in [-0.15, -0.1) is 6.58 Å². The van der Waals surface area contributed by atoms with Crippen molar-refractivity contribution in [2.75, 3.05) is 25.0 Å². The standard InChI is InChI=1S/C26H28ClN3O3/c1-3-15-30(26(32)28-23-11-7-10-22(27)17-23)19-25(31)29(18-24-13-12-20(2)33-24)16-14-21-8-5-4-6-9-21/h3-13,17H,1,14-16,18-19H2,2H3,(H,28,32). The molecule has 1 aromatic heterocycles. The van der Waals surface area contributed by atoms with E-state index in [2.05, 4.69) is 11.9 Å². The predicted molar refractivity (Wildman–Crippen MR) is 131 cm³/mol. The normalized spacial score (nSPS) is 10.5. The van der Waals surface area contributed by atoms with Crippen LogP contribution in [0.4, 0.5) is 10.5 Å². The smallest absolute Gasteiger partial charge is 0.322 e. The van der Waals surface area contributed by atoms with Crippen LogP contribution in [0.15, 0.2) is 83.8 Å². The summed E-state index contributed by atoms with van der Waals surface area (Å²) in [6, 6.07) is 20.2. The molecule has 0 atom stereocenters. The van der Waals surface area contributed by atoms with E-state index < -0.39 is 6.03 Å². The zero-order valence-corrected chi connectivity index (χ0v) is 19.4. The first-order valence-electron chi connectivity index (χ1n) is 10.7. The molecule has 0 unspecified atom stereocenters. The predicted octanol–water partition coefficient (Wildman–Crippen LogP) is 5.53. The molecular weight excluding hydrogens is 438 g/mol. The first-order chi connectivity index (χ1) is 15.9. The molecule has 0 bridgehead atoms.